The zero-order valence-corrected chi connectivity index (χ0v) is 15.5. The summed E-state index contributed by atoms with van der Waals surface area (Å²) < 4.78 is 13.1. The molecule has 0 spiro atoms. The van der Waals surface area contributed by atoms with Gasteiger partial charge in [-0.05, 0) is 31.5 Å². The molecule has 138 valence electrons. The van der Waals surface area contributed by atoms with Crippen LogP contribution in [-0.2, 0) is 13.0 Å². The van der Waals surface area contributed by atoms with Gasteiger partial charge in [0.2, 0.25) is 0 Å². The number of carbonyl (C=O) groups excluding carboxylic acids is 1. The molecule has 0 saturated carbocycles. The molecular formula is C22H22N2O3. The predicted octanol–water partition coefficient (Wildman–Crippen LogP) is 4.46. The molecule has 0 unspecified atom stereocenters. The van der Waals surface area contributed by atoms with Gasteiger partial charge in [0, 0.05) is 31.6 Å². The van der Waals surface area contributed by atoms with E-state index in [4.69, 9.17) is 8.83 Å². The van der Waals surface area contributed by atoms with Crippen molar-refractivity contribution in [3.8, 4) is 0 Å². The number of hydrogen-bond acceptors (Lipinski definition) is 3. The number of furan rings is 2. The van der Waals surface area contributed by atoms with E-state index < -0.39 is 0 Å². The molecular weight excluding hydrogens is 340 g/mol. The van der Waals surface area contributed by atoms with Crippen molar-refractivity contribution in [2.45, 2.75) is 26.8 Å². The van der Waals surface area contributed by atoms with Crippen LogP contribution in [-0.4, -0.2) is 17.0 Å². The highest BCUT2D eigenvalue weighted by molar-refractivity contribution is 5.97. The zero-order chi connectivity index (χ0) is 18.8. The molecule has 4 rings (SSSR count). The number of carbonyl (C=O) groups is 1. The van der Waals surface area contributed by atoms with E-state index >= 15 is 0 Å². The average Bonchev–Trinajstić information content (AvgIpc) is 3.34. The number of nitrogens with zero attached hydrogens (tertiary/aromatic N) is 1. The van der Waals surface area contributed by atoms with Gasteiger partial charge in [-0.3, -0.25) is 4.79 Å². The van der Waals surface area contributed by atoms with Crippen LogP contribution >= 0.6 is 0 Å². The minimum absolute atomic E-state index is 0.114. The number of amides is 1. The SMILES string of the molecule is Cc1ccc(Cn2c(C(=O)NCCc3ccc(C)o3)cc3occc32)cc1. The summed E-state index contributed by atoms with van der Waals surface area (Å²) in [5, 5.41) is 2.98. The summed E-state index contributed by atoms with van der Waals surface area (Å²) in [5.41, 5.74) is 4.59. The molecule has 1 N–H and O–H groups in total. The molecule has 0 saturated heterocycles. The topological polar surface area (TPSA) is 60.3 Å². The molecule has 1 amide bonds. The van der Waals surface area contributed by atoms with Crippen molar-refractivity contribution in [3.05, 3.63) is 83.1 Å². The smallest absolute Gasteiger partial charge is 0.268 e. The Bertz CT molecular complexity index is 1070. The van der Waals surface area contributed by atoms with E-state index in [-0.39, 0.29) is 5.91 Å². The minimum Gasteiger partial charge on any atom is -0.466 e. The molecule has 5 nitrogen and oxygen atoms in total. The van der Waals surface area contributed by atoms with Gasteiger partial charge in [0.25, 0.3) is 5.91 Å². The van der Waals surface area contributed by atoms with Gasteiger partial charge in [-0.15, -0.1) is 0 Å². The number of aromatic nitrogens is 1. The fourth-order valence-corrected chi connectivity index (χ4v) is 3.22. The summed E-state index contributed by atoms with van der Waals surface area (Å²) in [6.07, 6.45) is 2.31. The molecule has 3 heterocycles. The highest BCUT2D eigenvalue weighted by atomic mass is 16.3. The summed E-state index contributed by atoms with van der Waals surface area (Å²) in [7, 11) is 0. The van der Waals surface area contributed by atoms with Crippen molar-refractivity contribution in [1.29, 1.82) is 0 Å². The number of benzene rings is 1. The van der Waals surface area contributed by atoms with E-state index in [9.17, 15) is 4.79 Å². The number of nitrogens with one attached hydrogen (secondary N) is 1. The van der Waals surface area contributed by atoms with E-state index in [0.29, 0.717) is 30.8 Å². The Balaban J connectivity index is 1.52. The van der Waals surface area contributed by atoms with Crippen molar-refractivity contribution >= 4 is 17.0 Å². The van der Waals surface area contributed by atoms with Crippen LogP contribution in [0.25, 0.3) is 11.1 Å². The highest BCUT2D eigenvalue weighted by Crippen LogP contribution is 2.22. The first-order valence-electron chi connectivity index (χ1n) is 9.06. The van der Waals surface area contributed by atoms with Crippen molar-refractivity contribution in [1.82, 2.24) is 9.88 Å². The molecule has 0 bridgehead atoms. The quantitative estimate of drug-likeness (QED) is 0.551. The molecule has 0 aliphatic carbocycles. The fraction of sp³-hybridized carbons (Fsp3) is 0.227. The molecule has 0 atom stereocenters. The number of hydrogen-bond donors (Lipinski definition) is 1. The highest BCUT2D eigenvalue weighted by Gasteiger charge is 2.17. The predicted molar refractivity (Wildman–Crippen MR) is 104 cm³/mol. The van der Waals surface area contributed by atoms with Crippen LogP contribution in [0.3, 0.4) is 0 Å². The Hall–Kier alpha value is -3.21. The van der Waals surface area contributed by atoms with Gasteiger partial charge in [0.05, 0.1) is 11.8 Å². The lowest BCUT2D eigenvalue weighted by molar-refractivity contribution is 0.0945. The van der Waals surface area contributed by atoms with Gasteiger partial charge in [-0.1, -0.05) is 29.8 Å². The van der Waals surface area contributed by atoms with E-state index in [0.717, 1.165) is 22.6 Å². The molecule has 0 aliphatic rings. The second-order valence-electron chi connectivity index (χ2n) is 6.79. The maximum absolute atomic E-state index is 12.8. The van der Waals surface area contributed by atoms with Crippen LogP contribution in [0.1, 0.15) is 33.1 Å². The van der Waals surface area contributed by atoms with Crippen LogP contribution in [0.2, 0.25) is 0 Å². The molecule has 5 heteroatoms. The van der Waals surface area contributed by atoms with Crippen LogP contribution in [0, 0.1) is 13.8 Å². The van der Waals surface area contributed by atoms with Crippen molar-refractivity contribution in [3.63, 3.8) is 0 Å². The normalized spacial score (nSPS) is 11.2. The standard InChI is InChI=1S/C22H22N2O3/c1-15-3-6-17(7-4-15)14-24-19-10-12-26-21(19)13-20(24)22(25)23-11-9-18-8-5-16(2)27-18/h3-8,10,12-13H,9,11,14H2,1-2H3,(H,23,25). The first-order chi connectivity index (χ1) is 13.1. The summed E-state index contributed by atoms with van der Waals surface area (Å²) in [5.74, 6) is 1.64. The second kappa shape index (κ2) is 7.19. The minimum atomic E-state index is -0.114. The second-order valence-corrected chi connectivity index (χ2v) is 6.79. The molecule has 3 aromatic heterocycles. The monoisotopic (exact) mass is 362 g/mol. The van der Waals surface area contributed by atoms with Gasteiger partial charge >= 0.3 is 0 Å². The molecule has 27 heavy (non-hydrogen) atoms. The number of aryl methyl sites for hydroxylation is 2. The number of fused-ring (bicyclic) bond motifs is 1. The molecule has 0 aliphatic heterocycles. The summed E-state index contributed by atoms with van der Waals surface area (Å²) >= 11 is 0. The van der Waals surface area contributed by atoms with Gasteiger partial charge in [-0.25, -0.2) is 0 Å². The Kier molecular flexibility index (Phi) is 4.59. The third kappa shape index (κ3) is 3.67. The Morgan fingerprint density at radius 2 is 1.89 bits per heavy atom. The molecule has 0 fully saturated rings. The Morgan fingerprint density at radius 1 is 1.07 bits per heavy atom. The van der Waals surface area contributed by atoms with Gasteiger partial charge in [-0.2, -0.15) is 0 Å². The summed E-state index contributed by atoms with van der Waals surface area (Å²) in [4.78, 5) is 12.8. The number of rotatable bonds is 6. The van der Waals surface area contributed by atoms with E-state index in [1.807, 2.05) is 29.7 Å². The molecule has 0 radical (unpaired) electrons. The molecule has 1 aromatic carbocycles. The maximum Gasteiger partial charge on any atom is 0.268 e. The van der Waals surface area contributed by atoms with Crippen LogP contribution < -0.4 is 5.32 Å². The van der Waals surface area contributed by atoms with Crippen LogP contribution in [0.15, 0.2) is 63.6 Å². The van der Waals surface area contributed by atoms with E-state index in [1.54, 1.807) is 12.3 Å². The molecule has 4 aromatic rings. The third-order valence-electron chi connectivity index (χ3n) is 4.67. The average molecular weight is 362 g/mol. The largest absolute Gasteiger partial charge is 0.466 e. The first kappa shape index (κ1) is 17.2. The van der Waals surface area contributed by atoms with Gasteiger partial charge in [0.1, 0.15) is 17.2 Å². The lowest BCUT2D eigenvalue weighted by atomic mass is 10.1. The van der Waals surface area contributed by atoms with Crippen LogP contribution in [0.5, 0.6) is 0 Å². The van der Waals surface area contributed by atoms with Crippen molar-refractivity contribution in [2.75, 3.05) is 6.54 Å². The Labute approximate surface area is 157 Å². The fourth-order valence-electron chi connectivity index (χ4n) is 3.22. The van der Waals surface area contributed by atoms with E-state index in [1.165, 1.54) is 5.56 Å². The summed E-state index contributed by atoms with van der Waals surface area (Å²) in [6, 6.07) is 15.9. The lowest BCUT2D eigenvalue weighted by Crippen LogP contribution is -2.28. The van der Waals surface area contributed by atoms with Gasteiger partial charge < -0.3 is 18.7 Å². The van der Waals surface area contributed by atoms with Crippen molar-refractivity contribution in [2.24, 2.45) is 0 Å². The zero-order valence-electron chi connectivity index (χ0n) is 15.5. The lowest BCUT2D eigenvalue weighted by Gasteiger charge is -2.11. The van der Waals surface area contributed by atoms with Crippen molar-refractivity contribution < 1.29 is 13.6 Å². The van der Waals surface area contributed by atoms with Crippen LogP contribution in [0.4, 0.5) is 0 Å². The van der Waals surface area contributed by atoms with Gasteiger partial charge in [0.15, 0.2) is 5.58 Å². The maximum atomic E-state index is 12.8. The third-order valence-corrected chi connectivity index (χ3v) is 4.67. The summed E-state index contributed by atoms with van der Waals surface area (Å²) in [6.45, 7) is 5.11. The first-order valence-corrected chi connectivity index (χ1v) is 9.06. The van der Waals surface area contributed by atoms with E-state index in [2.05, 4.69) is 36.5 Å². The Morgan fingerprint density at radius 3 is 2.63 bits per heavy atom.